The third-order valence-electron chi connectivity index (χ3n) is 2.69. The molecule has 6 heteroatoms. The highest BCUT2D eigenvalue weighted by molar-refractivity contribution is 8.13. The van der Waals surface area contributed by atoms with Crippen molar-refractivity contribution in [2.24, 2.45) is 0 Å². The first-order chi connectivity index (χ1) is 8.86. The minimum atomic E-state index is -3.75. The van der Waals surface area contributed by atoms with Gasteiger partial charge in [0, 0.05) is 16.7 Å². The molecule has 1 aromatic carbocycles. The Balaban J connectivity index is 2.22. The summed E-state index contributed by atoms with van der Waals surface area (Å²) in [5, 5.41) is 0. The molecule has 0 bridgehead atoms. The van der Waals surface area contributed by atoms with E-state index in [1.165, 1.54) is 23.9 Å². The fraction of sp³-hybridized carbons (Fsp3) is 0.154. The SMILES string of the molecule is Cc1ccc(Oc2ccc(S(=O)(=O)Cl)cn2)cc1C. The number of hydrogen-bond donors (Lipinski definition) is 0. The Morgan fingerprint density at radius 1 is 1.11 bits per heavy atom. The van der Waals surface area contributed by atoms with Crippen molar-refractivity contribution in [1.82, 2.24) is 4.98 Å². The van der Waals surface area contributed by atoms with E-state index in [9.17, 15) is 8.42 Å². The summed E-state index contributed by atoms with van der Waals surface area (Å²) in [5.74, 6) is 0.962. The minimum Gasteiger partial charge on any atom is -0.439 e. The van der Waals surface area contributed by atoms with Crippen molar-refractivity contribution in [2.75, 3.05) is 0 Å². The van der Waals surface area contributed by atoms with Crippen LogP contribution in [0.1, 0.15) is 11.1 Å². The molecule has 0 radical (unpaired) electrons. The van der Waals surface area contributed by atoms with Gasteiger partial charge in [0.25, 0.3) is 9.05 Å². The van der Waals surface area contributed by atoms with Crippen molar-refractivity contribution in [3.8, 4) is 11.6 Å². The van der Waals surface area contributed by atoms with Crippen molar-refractivity contribution in [2.45, 2.75) is 18.7 Å². The van der Waals surface area contributed by atoms with Gasteiger partial charge in [-0.1, -0.05) is 6.07 Å². The molecule has 0 atom stereocenters. The molecule has 0 amide bonds. The van der Waals surface area contributed by atoms with E-state index in [2.05, 4.69) is 4.98 Å². The summed E-state index contributed by atoms with van der Waals surface area (Å²) in [6.07, 6.45) is 1.17. The summed E-state index contributed by atoms with van der Waals surface area (Å²) >= 11 is 0. The maximum atomic E-state index is 11.1. The smallest absolute Gasteiger partial charge is 0.262 e. The number of ether oxygens (including phenoxy) is 1. The fourth-order valence-electron chi connectivity index (χ4n) is 1.47. The van der Waals surface area contributed by atoms with Gasteiger partial charge in [0.05, 0.1) is 6.20 Å². The van der Waals surface area contributed by atoms with Crippen LogP contribution in [0.3, 0.4) is 0 Å². The molecule has 0 unspecified atom stereocenters. The summed E-state index contributed by atoms with van der Waals surface area (Å²) in [6.45, 7) is 4.00. The van der Waals surface area contributed by atoms with Gasteiger partial charge in [-0.2, -0.15) is 0 Å². The van der Waals surface area contributed by atoms with Crippen molar-refractivity contribution in [3.63, 3.8) is 0 Å². The molecule has 0 aliphatic carbocycles. The molecule has 1 heterocycles. The molecule has 4 nitrogen and oxygen atoms in total. The number of benzene rings is 1. The van der Waals surface area contributed by atoms with Gasteiger partial charge >= 0.3 is 0 Å². The van der Waals surface area contributed by atoms with E-state index in [4.69, 9.17) is 15.4 Å². The molecule has 0 saturated carbocycles. The summed E-state index contributed by atoms with van der Waals surface area (Å²) in [6, 6.07) is 8.48. The number of hydrogen-bond acceptors (Lipinski definition) is 4. The Morgan fingerprint density at radius 2 is 1.84 bits per heavy atom. The van der Waals surface area contributed by atoms with E-state index < -0.39 is 9.05 Å². The first-order valence-electron chi connectivity index (χ1n) is 5.52. The molecule has 1 aromatic heterocycles. The second-order valence-electron chi connectivity index (χ2n) is 4.12. The lowest BCUT2D eigenvalue weighted by atomic mass is 10.1. The van der Waals surface area contributed by atoms with E-state index >= 15 is 0 Å². The third-order valence-corrected chi connectivity index (χ3v) is 4.03. The van der Waals surface area contributed by atoms with Crippen LogP contribution in [-0.2, 0) is 9.05 Å². The number of halogens is 1. The van der Waals surface area contributed by atoms with Gasteiger partial charge in [-0.3, -0.25) is 0 Å². The standard InChI is InChI=1S/C13H12ClNO3S/c1-9-3-4-11(7-10(9)2)18-13-6-5-12(8-15-13)19(14,16)17/h3-8H,1-2H3. The predicted octanol–water partition coefficient (Wildman–Crippen LogP) is 3.42. The van der Waals surface area contributed by atoms with Crippen LogP contribution in [0, 0.1) is 13.8 Å². The highest BCUT2D eigenvalue weighted by Crippen LogP contribution is 2.23. The lowest BCUT2D eigenvalue weighted by molar-refractivity contribution is 0.461. The number of nitrogens with zero attached hydrogens (tertiary/aromatic N) is 1. The Kier molecular flexibility index (Phi) is 3.78. The number of rotatable bonds is 3. The van der Waals surface area contributed by atoms with E-state index in [0.29, 0.717) is 11.6 Å². The van der Waals surface area contributed by atoms with Crippen molar-refractivity contribution in [3.05, 3.63) is 47.7 Å². The minimum absolute atomic E-state index is 0.0541. The monoisotopic (exact) mass is 297 g/mol. The molecular formula is C13H12ClNO3S. The maximum Gasteiger partial charge on any atom is 0.262 e. The van der Waals surface area contributed by atoms with Gasteiger partial charge in [0.1, 0.15) is 10.6 Å². The molecule has 0 fully saturated rings. The summed E-state index contributed by atoms with van der Waals surface area (Å²) in [7, 11) is 1.45. The summed E-state index contributed by atoms with van der Waals surface area (Å²) in [4.78, 5) is 3.85. The molecule has 100 valence electrons. The molecular weight excluding hydrogens is 286 g/mol. The molecule has 19 heavy (non-hydrogen) atoms. The molecule has 0 aliphatic rings. The van der Waals surface area contributed by atoms with Crippen LogP contribution >= 0.6 is 10.7 Å². The quantitative estimate of drug-likeness (QED) is 0.815. The summed E-state index contributed by atoms with van der Waals surface area (Å²) in [5.41, 5.74) is 2.28. The van der Waals surface area contributed by atoms with Crippen molar-refractivity contribution >= 4 is 19.7 Å². The van der Waals surface area contributed by atoms with Gasteiger partial charge in [-0.15, -0.1) is 0 Å². The summed E-state index contributed by atoms with van der Waals surface area (Å²) < 4.78 is 27.7. The van der Waals surface area contributed by atoms with Crippen LogP contribution < -0.4 is 4.74 Å². The largest absolute Gasteiger partial charge is 0.439 e. The van der Waals surface area contributed by atoms with Crippen molar-refractivity contribution < 1.29 is 13.2 Å². The number of pyridine rings is 1. The average molecular weight is 298 g/mol. The van der Waals surface area contributed by atoms with Gasteiger partial charge in [-0.25, -0.2) is 13.4 Å². The van der Waals surface area contributed by atoms with E-state index in [0.717, 1.165) is 5.56 Å². The molecule has 2 rings (SSSR count). The van der Waals surface area contributed by atoms with Gasteiger partial charge in [0.15, 0.2) is 0 Å². The molecule has 0 N–H and O–H groups in total. The second-order valence-corrected chi connectivity index (χ2v) is 6.68. The van der Waals surface area contributed by atoms with Crippen LogP contribution in [0.2, 0.25) is 0 Å². The number of aromatic nitrogens is 1. The highest BCUT2D eigenvalue weighted by atomic mass is 35.7. The molecule has 2 aromatic rings. The maximum absolute atomic E-state index is 11.1. The Morgan fingerprint density at radius 3 is 2.37 bits per heavy atom. The molecule has 0 saturated heterocycles. The Bertz CT molecular complexity index is 696. The Labute approximate surface area is 116 Å². The topological polar surface area (TPSA) is 56.3 Å². The van der Waals surface area contributed by atoms with Gasteiger partial charge < -0.3 is 4.74 Å². The van der Waals surface area contributed by atoms with Gasteiger partial charge in [0.2, 0.25) is 5.88 Å². The van der Waals surface area contributed by atoms with Crippen LogP contribution in [0.25, 0.3) is 0 Å². The van der Waals surface area contributed by atoms with Crippen LogP contribution in [0.4, 0.5) is 0 Å². The van der Waals surface area contributed by atoms with Crippen molar-refractivity contribution in [1.29, 1.82) is 0 Å². The lowest BCUT2D eigenvalue weighted by Crippen LogP contribution is -1.94. The van der Waals surface area contributed by atoms with Crippen LogP contribution in [0.15, 0.2) is 41.4 Å². The molecule has 0 aliphatic heterocycles. The van der Waals surface area contributed by atoms with E-state index in [-0.39, 0.29) is 4.90 Å². The van der Waals surface area contributed by atoms with E-state index in [1.807, 2.05) is 32.0 Å². The zero-order chi connectivity index (χ0) is 14.0. The third kappa shape index (κ3) is 3.45. The predicted molar refractivity (Wildman–Crippen MR) is 73.3 cm³/mol. The average Bonchev–Trinajstić information content (AvgIpc) is 2.33. The van der Waals surface area contributed by atoms with Gasteiger partial charge in [-0.05, 0) is 43.2 Å². The fourth-order valence-corrected chi connectivity index (χ4v) is 2.15. The number of aryl methyl sites for hydroxylation is 2. The zero-order valence-corrected chi connectivity index (χ0v) is 12.0. The molecule has 0 spiro atoms. The van der Waals surface area contributed by atoms with E-state index in [1.54, 1.807) is 0 Å². The van der Waals surface area contributed by atoms with Crippen LogP contribution in [0.5, 0.6) is 11.6 Å². The Hall–Kier alpha value is -1.59. The first kappa shape index (κ1) is 13.8. The highest BCUT2D eigenvalue weighted by Gasteiger charge is 2.10. The zero-order valence-electron chi connectivity index (χ0n) is 10.4. The first-order valence-corrected chi connectivity index (χ1v) is 7.83. The normalized spacial score (nSPS) is 11.3. The lowest BCUT2D eigenvalue weighted by Gasteiger charge is -2.07. The second kappa shape index (κ2) is 5.19. The van der Waals surface area contributed by atoms with Crippen LogP contribution in [-0.4, -0.2) is 13.4 Å².